The first-order valence-electron chi connectivity index (χ1n) is 6.23. The zero-order valence-corrected chi connectivity index (χ0v) is 11.7. The van der Waals surface area contributed by atoms with Crippen LogP contribution in [0, 0.1) is 0 Å². The molecule has 0 aliphatic rings. The molecule has 0 amide bonds. The van der Waals surface area contributed by atoms with Gasteiger partial charge in [0.1, 0.15) is 5.75 Å². The second-order valence-corrected chi connectivity index (χ2v) is 5.16. The average molecular weight is 261 g/mol. The number of thiophene rings is 1. The number of methoxy groups -OCH3 is 1. The van der Waals surface area contributed by atoms with Crippen molar-refractivity contribution in [2.45, 2.75) is 19.4 Å². The first-order chi connectivity index (χ1) is 8.83. The lowest BCUT2D eigenvalue weighted by Crippen LogP contribution is -2.22. The summed E-state index contributed by atoms with van der Waals surface area (Å²) >= 11 is 1.81. The molecule has 0 spiro atoms. The highest BCUT2D eigenvalue weighted by molar-refractivity contribution is 7.10. The summed E-state index contributed by atoms with van der Waals surface area (Å²) in [6.07, 6.45) is 0.992. The van der Waals surface area contributed by atoms with Gasteiger partial charge in [-0.15, -0.1) is 11.3 Å². The largest absolute Gasteiger partial charge is 0.497 e. The predicted molar refractivity (Wildman–Crippen MR) is 77.4 cm³/mol. The maximum atomic E-state index is 5.27. The molecule has 0 aliphatic carbocycles. The van der Waals surface area contributed by atoms with Crippen molar-refractivity contribution in [3.63, 3.8) is 0 Å². The van der Waals surface area contributed by atoms with Crippen molar-refractivity contribution in [2.24, 2.45) is 0 Å². The topological polar surface area (TPSA) is 21.3 Å². The van der Waals surface area contributed by atoms with Crippen molar-refractivity contribution in [1.82, 2.24) is 5.32 Å². The summed E-state index contributed by atoms with van der Waals surface area (Å²) < 4.78 is 5.27. The number of likely N-dealkylation sites (N-methyl/N-ethyl adjacent to an activating group) is 1. The van der Waals surface area contributed by atoms with Gasteiger partial charge >= 0.3 is 0 Å². The van der Waals surface area contributed by atoms with E-state index in [1.165, 1.54) is 10.4 Å². The third-order valence-corrected chi connectivity index (χ3v) is 3.90. The summed E-state index contributed by atoms with van der Waals surface area (Å²) in [7, 11) is 1.71. The fourth-order valence-electron chi connectivity index (χ4n) is 2.04. The van der Waals surface area contributed by atoms with Crippen LogP contribution in [0.1, 0.15) is 23.4 Å². The van der Waals surface area contributed by atoms with E-state index in [9.17, 15) is 0 Å². The van der Waals surface area contributed by atoms with Gasteiger partial charge in [0.25, 0.3) is 0 Å². The molecule has 96 valence electrons. The van der Waals surface area contributed by atoms with Crippen molar-refractivity contribution in [3.8, 4) is 5.75 Å². The number of hydrogen-bond donors (Lipinski definition) is 1. The van der Waals surface area contributed by atoms with Crippen LogP contribution in [0.5, 0.6) is 5.75 Å². The summed E-state index contributed by atoms with van der Waals surface area (Å²) in [5.74, 6) is 0.925. The molecule has 1 aromatic carbocycles. The molecule has 2 nitrogen and oxygen atoms in total. The third kappa shape index (κ3) is 3.34. The molecule has 1 aromatic heterocycles. The Labute approximate surface area is 113 Å². The second kappa shape index (κ2) is 6.57. The molecule has 0 aliphatic heterocycles. The number of nitrogens with one attached hydrogen (secondary N) is 1. The van der Waals surface area contributed by atoms with E-state index < -0.39 is 0 Å². The number of benzene rings is 1. The molecule has 1 N–H and O–H groups in total. The van der Waals surface area contributed by atoms with E-state index in [4.69, 9.17) is 4.74 Å². The molecular weight excluding hydrogens is 242 g/mol. The first kappa shape index (κ1) is 13.1. The minimum atomic E-state index is 0.391. The van der Waals surface area contributed by atoms with Crippen LogP contribution < -0.4 is 10.1 Å². The van der Waals surface area contributed by atoms with Crippen LogP contribution in [0.4, 0.5) is 0 Å². The van der Waals surface area contributed by atoms with Gasteiger partial charge in [-0.2, -0.15) is 0 Å². The first-order valence-corrected chi connectivity index (χ1v) is 7.11. The highest BCUT2D eigenvalue weighted by atomic mass is 32.1. The van der Waals surface area contributed by atoms with E-state index in [0.717, 1.165) is 18.7 Å². The van der Waals surface area contributed by atoms with Gasteiger partial charge in [0.2, 0.25) is 0 Å². The van der Waals surface area contributed by atoms with Gasteiger partial charge in [0, 0.05) is 10.9 Å². The Kier molecular flexibility index (Phi) is 4.79. The maximum Gasteiger partial charge on any atom is 0.119 e. The van der Waals surface area contributed by atoms with E-state index in [1.54, 1.807) is 18.4 Å². The molecular formula is C15H19NOS. The van der Waals surface area contributed by atoms with Crippen LogP contribution in [0.25, 0.3) is 0 Å². The monoisotopic (exact) mass is 261 g/mol. The molecule has 0 bridgehead atoms. The predicted octanol–water partition coefficient (Wildman–Crippen LogP) is 3.65. The van der Waals surface area contributed by atoms with Gasteiger partial charge in [0.05, 0.1) is 7.11 Å². The molecule has 1 heterocycles. The molecule has 1 atom stereocenters. The summed E-state index contributed by atoms with van der Waals surface area (Å²) in [6, 6.07) is 13.0. The molecule has 0 fully saturated rings. The fraction of sp³-hybridized carbons (Fsp3) is 0.333. The van der Waals surface area contributed by atoms with Crippen molar-refractivity contribution in [1.29, 1.82) is 0 Å². The smallest absolute Gasteiger partial charge is 0.119 e. The highest BCUT2D eigenvalue weighted by Crippen LogP contribution is 2.24. The zero-order valence-electron chi connectivity index (χ0n) is 10.8. The van der Waals surface area contributed by atoms with E-state index >= 15 is 0 Å². The molecule has 18 heavy (non-hydrogen) atoms. The Balaban J connectivity index is 2.13. The van der Waals surface area contributed by atoms with Crippen molar-refractivity contribution in [3.05, 3.63) is 52.2 Å². The number of hydrogen-bond acceptors (Lipinski definition) is 3. The van der Waals surface area contributed by atoms with E-state index in [1.807, 2.05) is 12.1 Å². The van der Waals surface area contributed by atoms with Crippen LogP contribution in [0.3, 0.4) is 0 Å². The standard InChI is InChI=1S/C15H19NOS/c1-3-16-14(15-8-5-9-18-15)11-12-6-4-7-13(10-12)17-2/h4-10,14,16H,3,11H2,1-2H3. The van der Waals surface area contributed by atoms with E-state index in [0.29, 0.717) is 6.04 Å². The summed E-state index contributed by atoms with van der Waals surface area (Å²) in [4.78, 5) is 1.39. The summed E-state index contributed by atoms with van der Waals surface area (Å²) in [5, 5.41) is 5.67. The number of rotatable bonds is 6. The summed E-state index contributed by atoms with van der Waals surface area (Å²) in [5.41, 5.74) is 1.30. The van der Waals surface area contributed by atoms with Gasteiger partial charge in [0.15, 0.2) is 0 Å². The molecule has 3 heteroatoms. The quantitative estimate of drug-likeness (QED) is 0.857. The minimum Gasteiger partial charge on any atom is -0.497 e. The lowest BCUT2D eigenvalue weighted by molar-refractivity contribution is 0.414. The third-order valence-electron chi connectivity index (χ3n) is 2.91. The van der Waals surface area contributed by atoms with Crippen molar-refractivity contribution < 1.29 is 4.74 Å². The van der Waals surface area contributed by atoms with Crippen LogP contribution in [0.15, 0.2) is 41.8 Å². The Hall–Kier alpha value is -1.32. The van der Waals surface area contributed by atoms with Crippen LogP contribution in [-0.4, -0.2) is 13.7 Å². The van der Waals surface area contributed by atoms with Gasteiger partial charge in [-0.25, -0.2) is 0 Å². The lowest BCUT2D eigenvalue weighted by atomic mass is 10.0. The fourth-order valence-corrected chi connectivity index (χ4v) is 2.85. The number of ether oxygens (including phenoxy) is 1. The van der Waals surface area contributed by atoms with Crippen LogP contribution >= 0.6 is 11.3 Å². The molecule has 2 rings (SSSR count). The SMILES string of the molecule is CCNC(Cc1cccc(OC)c1)c1cccs1. The van der Waals surface area contributed by atoms with Crippen LogP contribution in [0.2, 0.25) is 0 Å². The molecule has 0 saturated carbocycles. The van der Waals surface area contributed by atoms with Crippen molar-refractivity contribution in [2.75, 3.05) is 13.7 Å². The van der Waals surface area contributed by atoms with E-state index in [-0.39, 0.29) is 0 Å². The van der Waals surface area contributed by atoms with Gasteiger partial charge in [-0.3, -0.25) is 0 Å². The summed E-state index contributed by atoms with van der Waals surface area (Å²) in [6.45, 7) is 3.12. The minimum absolute atomic E-state index is 0.391. The molecule has 0 radical (unpaired) electrons. The highest BCUT2D eigenvalue weighted by Gasteiger charge is 2.12. The maximum absolute atomic E-state index is 5.27. The molecule has 0 saturated heterocycles. The van der Waals surface area contributed by atoms with Crippen LogP contribution in [-0.2, 0) is 6.42 Å². The average Bonchev–Trinajstić information content (AvgIpc) is 2.92. The van der Waals surface area contributed by atoms with Gasteiger partial charge in [-0.05, 0) is 42.1 Å². The normalized spacial score (nSPS) is 12.3. The molecule has 2 aromatic rings. The zero-order chi connectivity index (χ0) is 12.8. The molecule has 1 unspecified atom stereocenters. The van der Waals surface area contributed by atoms with Gasteiger partial charge < -0.3 is 10.1 Å². The van der Waals surface area contributed by atoms with Gasteiger partial charge in [-0.1, -0.05) is 25.1 Å². The Morgan fingerprint density at radius 3 is 2.83 bits per heavy atom. The lowest BCUT2D eigenvalue weighted by Gasteiger charge is -2.16. The Bertz CT molecular complexity index is 467. The Morgan fingerprint density at radius 2 is 2.17 bits per heavy atom. The second-order valence-electron chi connectivity index (χ2n) is 4.18. The van der Waals surface area contributed by atoms with Crippen molar-refractivity contribution >= 4 is 11.3 Å². The Morgan fingerprint density at radius 1 is 1.28 bits per heavy atom. The van der Waals surface area contributed by atoms with E-state index in [2.05, 4.69) is 41.9 Å².